The van der Waals surface area contributed by atoms with Crippen molar-refractivity contribution in [1.82, 2.24) is 20.6 Å². The molecule has 2 aromatic heterocycles. The lowest BCUT2D eigenvalue weighted by Crippen LogP contribution is -2.23. The first-order valence-electron chi connectivity index (χ1n) is 23.8. The maximum Gasteiger partial charge on any atom is 0.369 e. The molecule has 4 amide bonds. The molecule has 2 aliphatic rings. The predicted octanol–water partition coefficient (Wildman–Crippen LogP) is 11.3. The van der Waals surface area contributed by atoms with Crippen molar-refractivity contribution < 1.29 is 45.9 Å². The number of alkyl halides is 2. The number of rotatable bonds is 11. The normalized spacial score (nSPS) is 12.9. The lowest BCUT2D eigenvalue weighted by molar-refractivity contribution is 0.0942. The summed E-state index contributed by atoms with van der Waals surface area (Å²) in [5.74, 6) is -0.911. The average Bonchev–Trinajstić information content (AvgIpc) is 3.77. The van der Waals surface area contributed by atoms with Gasteiger partial charge in [0.25, 0.3) is 23.6 Å². The summed E-state index contributed by atoms with van der Waals surface area (Å²) >= 11 is 18.8. The Hall–Kier alpha value is -6.92. The van der Waals surface area contributed by atoms with Crippen molar-refractivity contribution in [1.29, 1.82) is 0 Å². The fraction of sp³-hybridized carbons (Fsp3) is 0.107. The van der Waals surface area contributed by atoms with Gasteiger partial charge in [-0.15, -0.1) is 70.5 Å². The van der Waals surface area contributed by atoms with Crippen molar-refractivity contribution in [2.24, 2.45) is 0 Å². The van der Waals surface area contributed by atoms with Gasteiger partial charge >= 0.3 is 3.18 Å². The fourth-order valence-electron chi connectivity index (χ4n) is 8.07. The number of phenolic OH excluding ortho intramolecular Hbond substituents is 1. The number of phenols is 1. The Labute approximate surface area is 496 Å². The Morgan fingerprint density at radius 2 is 0.938 bits per heavy atom. The van der Waals surface area contributed by atoms with E-state index in [2.05, 4.69) is 78.5 Å². The topological polar surface area (TPSA) is 240 Å². The molecule has 8 aromatic rings. The summed E-state index contributed by atoms with van der Waals surface area (Å²) in [6.07, 6.45) is 4.67. The van der Waals surface area contributed by atoms with Gasteiger partial charge in [0.1, 0.15) is 11.5 Å². The van der Waals surface area contributed by atoms with Crippen LogP contribution in [0.2, 0.25) is 0 Å². The first-order chi connectivity index (χ1) is 38.3. The van der Waals surface area contributed by atoms with E-state index in [-0.39, 0.29) is 80.6 Å². The third kappa shape index (κ3) is 15.7. The second kappa shape index (κ2) is 28.0. The molecule has 24 heteroatoms. The highest BCUT2D eigenvalue weighted by Gasteiger charge is 2.33. The molecule has 0 aliphatic carbocycles. The van der Waals surface area contributed by atoms with E-state index in [1.165, 1.54) is 60.7 Å². The number of nitrogens with one attached hydrogen (secondary N) is 4. The van der Waals surface area contributed by atoms with Gasteiger partial charge in [-0.25, -0.2) is 16.8 Å². The molecule has 0 saturated carbocycles. The number of sulfone groups is 2. The molecule has 0 unspecified atom stereocenters. The van der Waals surface area contributed by atoms with Crippen LogP contribution in [0.3, 0.4) is 0 Å². The maximum absolute atomic E-state index is 13.1. The minimum absolute atomic E-state index is 0.0565. The highest BCUT2D eigenvalue weighted by Crippen LogP contribution is 2.36. The van der Waals surface area contributed by atoms with E-state index in [1.807, 2.05) is 60.7 Å². The van der Waals surface area contributed by atoms with Crippen LogP contribution in [0.15, 0.2) is 190 Å². The van der Waals surface area contributed by atoms with Crippen LogP contribution in [0.25, 0.3) is 0 Å². The van der Waals surface area contributed by atoms with Gasteiger partial charge in [0.15, 0.2) is 0 Å². The summed E-state index contributed by atoms with van der Waals surface area (Å²) in [7, 11) is -6.23. The number of halogens is 5. The molecule has 16 nitrogen and oxygen atoms in total. The Kier molecular flexibility index (Phi) is 21.2. The Morgan fingerprint density at radius 3 is 1.31 bits per heavy atom. The van der Waals surface area contributed by atoms with E-state index in [9.17, 15) is 41.1 Å². The van der Waals surface area contributed by atoms with Gasteiger partial charge in [-0.3, -0.25) is 29.1 Å². The number of aromatic nitrogens is 2. The number of carbonyl (C=O) groups excluding carboxylic acids is 4. The minimum atomic E-state index is -3.93. The van der Waals surface area contributed by atoms with Crippen LogP contribution in [0.1, 0.15) is 75.1 Å². The lowest BCUT2D eigenvalue weighted by atomic mass is 10.1. The van der Waals surface area contributed by atoms with Gasteiger partial charge in [0.05, 0.1) is 54.5 Å². The fourth-order valence-corrected chi connectivity index (χ4v) is 11.3. The molecule has 80 heavy (non-hydrogen) atoms. The van der Waals surface area contributed by atoms with Crippen molar-refractivity contribution in [2.75, 3.05) is 23.1 Å². The highest BCUT2D eigenvalue weighted by molar-refractivity contribution is 9.69. The van der Waals surface area contributed by atoms with Crippen LogP contribution >= 0.6 is 70.5 Å². The predicted molar refractivity (Wildman–Crippen MR) is 319 cm³/mol. The number of hydrogen-bond acceptors (Lipinski definition) is 12. The molecule has 10 rings (SSSR count). The Balaban J connectivity index is 0.000000207. The van der Waals surface area contributed by atoms with Crippen LogP contribution in [-0.2, 0) is 45.6 Å². The van der Waals surface area contributed by atoms with Crippen molar-refractivity contribution in [3.8, 4) is 11.5 Å². The number of pyridine rings is 2. The molecule has 410 valence electrons. The molecule has 0 atom stereocenters. The monoisotopic (exact) mass is 1340 g/mol. The maximum atomic E-state index is 13.1. The molecule has 0 radical (unpaired) electrons. The zero-order valence-electron chi connectivity index (χ0n) is 42.0. The van der Waals surface area contributed by atoms with Crippen LogP contribution in [0.5, 0.6) is 11.5 Å². The highest BCUT2D eigenvalue weighted by atomic mass is 79.9. The Bertz CT molecular complexity index is 3780. The third-order valence-corrected chi connectivity index (χ3v) is 15.7. The standard InChI is InChI=1S/C28H23N3O5S.C27H21N3O5S.CH2Cl2.BBr3/c1-36-22-11-7-18(8-12-22)14-21-10-6-19(16-29-21)17-30-27(32)20-9-13-26-24(15-20)31-28(33)23-4-2-3-5-25(23)37(26,34)35;31-21-10-6-17(7-11-21)13-20-9-5-18(15-28-20)16-29-26(32)19-8-12-25-23(14-19)30-27(33)22-3-1-2-4-24(22)36(25,34)35;2-1-3;2-1(3)4/h2-13,15-16H,14,17H2,1H3,(H,30,32)(H,31,33);1-12,14-15,31H,13,16H2,(H,29,32)(H,30,33);1H2;. The van der Waals surface area contributed by atoms with Crippen molar-refractivity contribution >= 4 is 128 Å². The number of aromatic hydroxyl groups is 1. The number of anilines is 2. The number of amides is 4. The van der Waals surface area contributed by atoms with Crippen LogP contribution in [-0.4, -0.2) is 71.2 Å². The van der Waals surface area contributed by atoms with E-state index in [0.717, 1.165) is 39.4 Å². The van der Waals surface area contributed by atoms with Gasteiger partial charge < -0.3 is 31.1 Å². The molecular weight excluding hydrogens is 1300 g/mol. The van der Waals surface area contributed by atoms with E-state index in [4.69, 9.17) is 27.9 Å². The van der Waals surface area contributed by atoms with Gasteiger partial charge in [0, 0.05) is 60.8 Å². The number of carbonyl (C=O) groups is 4. The van der Waals surface area contributed by atoms with E-state index in [0.29, 0.717) is 12.8 Å². The number of nitrogens with zero attached hydrogens (tertiary/aromatic N) is 2. The lowest BCUT2D eigenvalue weighted by Gasteiger charge is -2.10. The second-order valence-electron chi connectivity index (χ2n) is 17.2. The summed E-state index contributed by atoms with van der Waals surface area (Å²) < 4.78 is 57.9. The van der Waals surface area contributed by atoms with Gasteiger partial charge in [-0.1, -0.05) is 60.7 Å². The van der Waals surface area contributed by atoms with E-state index >= 15 is 0 Å². The van der Waals surface area contributed by atoms with Crippen molar-refractivity contribution in [2.45, 2.75) is 45.5 Å². The summed E-state index contributed by atoms with van der Waals surface area (Å²) in [6.45, 7) is 0.459. The molecule has 6 aromatic carbocycles. The third-order valence-electron chi connectivity index (χ3n) is 11.9. The number of fused-ring (bicyclic) bond motifs is 4. The number of hydrogen-bond donors (Lipinski definition) is 5. The number of benzene rings is 6. The zero-order valence-corrected chi connectivity index (χ0v) is 49.9. The second-order valence-corrected chi connectivity index (χ2v) is 28.2. The molecule has 2 aliphatic heterocycles. The summed E-state index contributed by atoms with van der Waals surface area (Å²) in [5.41, 5.74) is 6.15. The molecule has 4 heterocycles. The summed E-state index contributed by atoms with van der Waals surface area (Å²) in [5, 5.41) is 20.4. The quantitative estimate of drug-likeness (QED) is 0.0600. The summed E-state index contributed by atoms with van der Waals surface area (Å²) in [6, 6.07) is 42.5. The van der Waals surface area contributed by atoms with E-state index < -0.39 is 43.3 Å². The van der Waals surface area contributed by atoms with E-state index in [1.54, 1.807) is 55.9 Å². The molecule has 0 fully saturated rings. The van der Waals surface area contributed by atoms with Crippen LogP contribution in [0.4, 0.5) is 11.4 Å². The largest absolute Gasteiger partial charge is 0.508 e. The number of methoxy groups -OCH3 is 1. The average molecular weight is 1350 g/mol. The summed E-state index contributed by atoms with van der Waals surface area (Å²) in [4.78, 5) is 59.5. The Morgan fingerprint density at radius 1 is 0.562 bits per heavy atom. The molecule has 0 spiro atoms. The van der Waals surface area contributed by atoms with Crippen LogP contribution < -0.4 is 26.0 Å². The molecule has 0 bridgehead atoms. The van der Waals surface area contributed by atoms with Crippen LogP contribution in [0, 0.1) is 0 Å². The first-order valence-corrected chi connectivity index (χ1v) is 30.6. The van der Waals surface area contributed by atoms with Crippen molar-refractivity contribution in [3.63, 3.8) is 0 Å². The number of ether oxygens (including phenoxy) is 1. The SMILES string of the molecule is BrB(Br)Br.COc1ccc(Cc2ccc(CNC(=O)c3ccc4c(c3)NC(=O)c3ccccc3S4(=O)=O)cn2)cc1.ClCCl.O=C(NCc1ccc(Cc2ccc(O)cc2)nc1)c1ccc2c(c1)NC(=O)c1ccccc1S2(=O)=O. The van der Waals surface area contributed by atoms with Gasteiger partial charge in [-0.2, -0.15) is 0 Å². The zero-order chi connectivity index (χ0) is 57.6. The first kappa shape index (κ1) is 60.7. The van der Waals surface area contributed by atoms with Gasteiger partial charge in [-0.05, 0) is 119 Å². The molecule has 0 saturated heterocycles. The van der Waals surface area contributed by atoms with Gasteiger partial charge in [0.2, 0.25) is 19.7 Å². The smallest absolute Gasteiger partial charge is 0.369 e. The van der Waals surface area contributed by atoms with Crippen molar-refractivity contribution in [3.05, 3.63) is 226 Å². The molecule has 5 N–H and O–H groups in total. The minimum Gasteiger partial charge on any atom is -0.508 e. The molecular formula is C56H46BBr3Cl2N6O10S2.